The fraction of sp³-hybridized carbons (Fsp3) is 0.250. The average molecular weight is 383 g/mol. The number of methoxy groups -OCH3 is 2. The first kappa shape index (κ1) is 15.1. The number of hydrogen-bond acceptors (Lipinski definition) is 3. The maximum absolute atomic E-state index is 5.36. The summed E-state index contributed by atoms with van der Waals surface area (Å²) in [6.07, 6.45) is 0. The zero-order valence-corrected chi connectivity index (χ0v) is 13.8. The van der Waals surface area contributed by atoms with Gasteiger partial charge in [0.25, 0.3) is 0 Å². The molecule has 2 aromatic carbocycles. The van der Waals surface area contributed by atoms with Crippen LogP contribution in [0.3, 0.4) is 0 Å². The second-order valence-corrected chi connectivity index (χ2v) is 5.56. The second kappa shape index (κ2) is 7.50. The molecule has 20 heavy (non-hydrogen) atoms. The number of rotatable bonds is 6. The molecule has 2 aromatic rings. The molecule has 0 aromatic heterocycles. The van der Waals surface area contributed by atoms with Gasteiger partial charge in [0.15, 0.2) is 11.5 Å². The maximum atomic E-state index is 5.36. The highest BCUT2D eigenvalue weighted by atomic mass is 127. The van der Waals surface area contributed by atoms with Gasteiger partial charge < -0.3 is 14.8 Å². The summed E-state index contributed by atoms with van der Waals surface area (Å²) in [6.45, 7) is 1.65. The standard InChI is InChI=1S/C16H18INO2/c1-19-15-9-13(8-14(17)16(15)20-2)11-18-10-12-6-4-3-5-7-12/h3-9,18H,10-11H2,1-2H3. The average Bonchev–Trinajstić information content (AvgIpc) is 2.47. The van der Waals surface area contributed by atoms with Gasteiger partial charge in [-0.05, 0) is 45.9 Å². The molecule has 0 heterocycles. The Morgan fingerprint density at radius 3 is 2.30 bits per heavy atom. The van der Waals surface area contributed by atoms with Crippen LogP contribution in [-0.4, -0.2) is 14.2 Å². The zero-order chi connectivity index (χ0) is 14.4. The predicted molar refractivity (Wildman–Crippen MR) is 89.2 cm³/mol. The molecule has 2 rings (SSSR count). The van der Waals surface area contributed by atoms with Gasteiger partial charge in [0.05, 0.1) is 17.8 Å². The lowest BCUT2D eigenvalue weighted by Gasteiger charge is -2.12. The van der Waals surface area contributed by atoms with Crippen LogP contribution in [0.5, 0.6) is 11.5 Å². The quantitative estimate of drug-likeness (QED) is 0.774. The summed E-state index contributed by atoms with van der Waals surface area (Å²) in [5.74, 6) is 1.57. The number of ether oxygens (including phenoxy) is 2. The lowest BCUT2D eigenvalue weighted by molar-refractivity contribution is 0.352. The lowest BCUT2D eigenvalue weighted by atomic mass is 10.2. The molecular formula is C16H18INO2. The van der Waals surface area contributed by atoms with Crippen LogP contribution in [0.2, 0.25) is 0 Å². The van der Waals surface area contributed by atoms with Crippen LogP contribution in [0, 0.1) is 3.57 Å². The van der Waals surface area contributed by atoms with Crippen molar-refractivity contribution < 1.29 is 9.47 Å². The molecule has 0 aliphatic rings. The molecule has 0 bridgehead atoms. The van der Waals surface area contributed by atoms with Gasteiger partial charge in [0.2, 0.25) is 0 Å². The van der Waals surface area contributed by atoms with Crippen LogP contribution < -0.4 is 14.8 Å². The first-order valence-electron chi connectivity index (χ1n) is 6.39. The summed E-state index contributed by atoms with van der Waals surface area (Å²) < 4.78 is 11.8. The van der Waals surface area contributed by atoms with Crippen molar-refractivity contribution in [3.63, 3.8) is 0 Å². The van der Waals surface area contributed by atoms with Crippen molar-refractivity contribution in [1.82, 2.24) is 5.32 Å². The Hall–Kier alpha value is -1.27. The van der Waals surface area contributed by atoms with Crippen LogP contribution in [0.4, 0.5) is 0 Å². The van der Waals surface area contributed by atoms with E-state index in [4.69, 9.17) is 9.47 Å². The van der Waals surface area contributed by atoms with E-state index in [0.29, 0.717) is 0 Å². The zero-order valence-electron chi connectivity index (χ0n) is 11.7. The third kappa shape index (κ3) is 3.86. The molecule has 0 aliphatic carbocycles. The third-order valence-corrected chi connectivity index (χ3v) is 3.80. The van der Waals surface area contributed by atoms with Gasteiger partial charge in [-0.1, -0.05) is 30.3 Å². The highest BCUT2D eigenvalue weighted by molar-refractivity contribution is 14.1. The smallest absolute Gasteiger partial charge is 0.174 e. The highest BCUT2D eigenvalue weighted by Crippen LogP contribution is 2.33. The van der Waals surface area contributed by atoms with Gasteiger partial charge >= 0.3 is 0 Å². The van der Waals surface area contributed by atoms with E-state index in [1.54, 1.807) is 14.2 Å². The molecule has 0 unspecified atom stereocenters. The minimum absolute atomic E-state index is 0.774. The first-order chi connectivity index (χ1) is 9.74. The molecule has 1 N–H and O–H groups in total. The fourth-order valence-electron chi connectivity index (χ4n) is 2.02. The summed E-state index contributed by atoms with van der Waals surface area (Å²) in [7, 11) is 3.32. The largest absolute Gasteiger partial charge is 0.493 e. The Balaban J connectivity index is 2.01. The van der Waals surface area contributed by atoms with Gasteiger partial charge in [-0.15, -0.1) is 0 Å². The molecule has 0 spiro atoms. The molecular weight excluding hydrogens is 365 g/mol. The Kier molecular flexibility index (Phi) is 5.67. The van der Waals surface area contributed by atoms with Crippen LogP contribution >= 0.6 is 22.6 Å². The Morgan fingerprint density at radius 1 is 0.950 bits per heavy atom. The van der Waals surface area contributed by atoms with Crippen molar-refractivity contribution in [3.8, 4) is 11.5 Å². The number of nitrogens with one attached hydrogen (secondary N) is 1. The Bertz CT molecular complexity index is 558. The maximum Gasteiger partial charge on any atom is 0.174 e. The topological polar surface area (TPSA) is 30.5 Å². The van der Waals surface area contributed by atoms with Gasteiger partial charge in [-0.3, -0.25) is 0 Å². The number of halogens is 1. The number of benzene rings is 2. The molecule has 0 saturated carbocycles. The van der Waals surface area contributed by atoms with E-state index < -0.39 is 0 Å². The van der Waals surface area contributed by atoms with E-state index in [2.05, 4.69) is 58.2 Å². The number of hydrogen-bond donors (Lipinski definition) is 1. The normalized spacial score (nSPS) is 10.3. The highest BCUT2D eigenvalue weighted by Gasteiger charge is 2.10. The van der Waals surface area contributed by atoms with Crippen LogP contribution in [0.25, 0.3) is 0 Å². The summed E-state index contributed by atoms with van der Waals surface area (Å²) in [6, 6.07) is 14.5. The third-order valence-electron chi connectivity index (χ3n) is 2.99. The van der Waals surface area contributed by atoms with Gasteiger partial charge in [-0.2, -0.15) is 0 Å². The van der Waals surface area contributed by atoms with Crippen LogP contribution in [0.15, 0.2) is 42.5 Å². The van der Waals surface area contributed by atoms with Gasteiger partial charge in [0, 0.05) is 13.1 Å². The molecule has 0 atom stereocenters. The molecule has 0 fully saturated rings. The molecule has 106 valence electrons. The van der Waals surface area contributed by atoms with E-state index in [9.17, 15) is 0 Å². The SMILES string of the molecule is COc1cc(CNCc2ccccc2)cc(I)c1OC. The summed E-state index contributed by atoms with van der Waals surface area (Å²) >= 11 is 2.27. The van der Waals surface area contributed by atoms with Crippen molar-refractivity contribution in [1.29, 1.82) is 0 Å². The van der Waals surface area contributed by atoms with Gasteiger partial charge in [0.1, 0.15) is 0 Å². The van der Waals surface area contributed by atoms with Crippen molar-refractivity contribution in [2.24, 2.45) is 0 Å². The summed E-state index contributed by atoms with van der Waals surface area (Å²) in [5.41, 5.74) is 2.46. The van der Waals surface area contributed by atoms with E-state index in [1.807, 2.05) is 12.1 Å². The van der Waals surface area contributed by atoms with Crippen LogP contribution in [-0.2, 0) is 13.1 Å². The van der Waals surface area contributed by atoms with Crippen molar-refractivity contribution in [2.75, 3.05) is 14.2 Å². The van der Waals surface area contributed by atoms with Crippen molar-refractivity contribution >= 4 is 22.6 Å². The lowest BCUT2D eigenvalue weighted by Crippen LogP contribution is -2.13. The molecule has 0 saturated heterocycles. The minimum atomic E-state index is 0.774. The fourth-order valence-corrected chi connectivity index (χ4v) is 2.91. The van der Waals surface area contributed by atoms with E-state index in [1.165, 1.54) is 11.1 Å². The predicted octanol–water partition coefficient (Wildman–Crippen LogP) is 3.60. The van der Waals surface area contributed by atoms with E-state index in [0.717, 1.165) is 28.2 Å². The summed E-state index contributed by atoms with van der Waals surface area (Å²) in [5, 5.41) is 3.43. The van der Waals surface area contributed by atoms with Gasteiger partial charge in [-0.25, -0.2) is 0 Å². The second-order valence-electron chi connectivity index (χ2n) is 4.40. The Labute approximate surface area is 133 Å². The van der Waals surface area contributed by atoms with Crippen LogP contribution in [0.1, 0.15) is 11.1 Å². The monoisotopic (exact) mass is 383 g/mol. The first-order valence-corrected chi connectivity index (χ1v) is 7.47. The Morgan fingerprint density at radius 2 is 1.65 bits per heavy atom. The minimum Gasteiger partial charge on any atom is -0.493 e. The molecule has 0 radical (unpaired) electrons. The molecule has 0 aliphatic heterocycles. The summed E-state index contributed by atoms with van der Waals surface area (Å²) in [4.78, 5) is 0. The van der Waals surface area contributed by atoms with Crippen molar-refractivity contribution in [3.05, 3.63) is 57.2 Å². The van der Waals surface area contributed by atoms with Crippen molar-refractivity contribution in [2.45, 2.75) is 13.1 Å². The molecule has 3 nitrogen and oxygen atoms in total. The van der Waals surface area contributed by atoms with E-state index in [-0.39, 0.29) is 0 Å². The van der Waals surface area contributed by atoms with E-state index >= 15 is 0 Å². The molecule has 0 amide bonds. The molecule has 4 heteroatoms.